The summed E-state index contributed by atoms with van der Waals surface area (Å²) < 4.78 is 17.9. The van der Waals surface area contributed by atoms with Crippen molar-refractivity contribution in [1.82, 2.24) is 5.32 Å². The molecule has 0 aliphatic carbocycles. The summed E-state index contributed by atoms with van der Waals surface area (Å²) in [5.41, 5.74) is 6.81. The monoisotopic (exact) mass is 350 g/mol. The van der Waals surface area contributed by atoms with Crippen LogP contribution >= 0.6 is 11.6 Å². The second kappa shape index (κ2) is 7.79. The minimum absolute atomic E-state index is 0.203. The van der Waals surface area contributed by atoms with Gasteiger partial charge in [0.2, 0.25) is 0 Å². The fourth-order valence-electron chi connectivity index (χ4n) is 1.89. The maximum atomic E-state index is 12.8. The SMILES string of the molecule is C[C@H](OC(=O)c1ccc(Cl)c(N)c1)C(=O)NCc1ccc(F)cc1. The number of carbonyl (C=O) groups excluding carboxylic acids is 2. The van der Waals surface area contributed by atoms with Crippen LogP contribution in [0.1, 0.15) is 22.8 Å². The molecule has 1 atom stereocenters. The van der Waals surface area contributed by atoms with Gasteiger partial charge in [-0.25, -0.2) is 9.18 Å². The van der Waals surface area contributed by atoms with E-state index in [1.165, 1.54) is 37.3 Å². The van der Waals surface area contributed by atoms with E-state index in [1.807, 2.05) is 0 Å². The van der Waals surface area contributed by atoms with Gasteiger partial charge in [0.15, 0.2) is 6.10 Å². The predicted molar refractivity (Wildman–Crippen MR) is 89.0 cm³/mol. The van der Waals surface area contributed by atoms with Crippen LogP contribution in [0.25, 0.3) is 0 Å². The van der Waals surface area contributed by atoms with Crippen molar-refractivity contribution in [3.05, 3.63) is 64.4 Å². The zero-order valence-corrected chi connectivity index (χ0v) is 13.6. The molecule has 0 bridgehead atoms. The molecular formula is C17H16ClFN2O3. The highest BCUT2D eigenvalue weighted by atomic mass is 35.5. The Balaban J connectivity index is 1.89. The molecular weight excluding hydrogens is 335 g/mol. The third-order valence-electron chi connectivity index (χ3n) is 3.26. The molecule has 24 heavy (non-hydrogen) atoms. The summed E-state index contributed by atoms with van der Waals surface area (Å²) in [5, 5.41) is 2.94. The Morgan fingerprint density at radius 3 is 2.54 bits per heavy atom. The number of carbonyl (C=O) groups is 2. The Kier molecular flexibility index (Phi) is 5.76. The Morgan fingerprint density at radius 2 is 1.92 bits per heavy atom. The summed E-state index contributed by atoms with van der Waals surface area (Å²) in [6.45, 7) is 1.66. The van der Waals surface area contributed by atoms with E-state index in [9.17, 15) is 14.0 Å². The molecule has 0 saturated carbocycles. The van der Waals surface area contributed by atoms with Gasteiger partial charge >= 0.3 is 5.97 Å². The average molecular weight is 351 g/mol. The first-order chi connectivity index (χ1) is 11.4. The summed E-state index contributed by atoms with van der Waals surface area (Å²) in [4.78, 5) is 24.0. The minimum atomic E-state index is -0.991. The van der Waals surface area contributed by atoms with Crippen LogP contribution in [0.4, 0.5) is 10.1 Å². The zero-order chi connectivity index (χ0) is 17.7. The van der Waals surface area contributed by atoms with Gasteiger partial charge in [0.25, 0.3) is 5.91 Å². The minimum Gasteiger partial charge on any atom is -0.449 e. The highest BCUT2D eigenvalue weighted by Gasteiger charge is 2.19. The maximum absolute atomic E-state index is 12.8. The molecule has 0 aromatic heterocycles. The maximum Gasteiger partial charge on any atom is 0.338 e. The predicted octanol–water partition coefficient (Wildman–Crippen LogP) is 2.92. The molecule has 1 amide bonds. The first-order valence-electron chi connectivity index (χ1n) is 7.15. The van der Waals surface area contributed by atoms with Crippen LogP contribution in [0.15, 0.2) is 42.5 Å². The van der Waals surface area contributed by atoms with E-state index in [1.54, 1.807) is 12.1 Å². The van der Waals surface area contributed by atoms with Gasteiger partial charge in [0.05, 0.1) is 16.3 Å². The molecule has 126 valence electrons. The molecule has 0 aliphatic rings. The molecule has 0 fully saturated rings. The van der Waals surface area contributed by atoms with Crippen LogP contribution in [0.2, 0.25) is 5.02 Å². The quantitative estimate of drug-likeness (QED) is 0.641. The molecule has 0 radical (unpaired) electrons. The molecule has 2 aromatic carbocycles. The van der Waals surface area contributed by atoms with Gasteiger partial charge in [-0.2, -0.15) is 0 Å². The standard InChI is InChI=1S/C17H16ClFN2O3/c1-10(16(22)21-9-11-2-5-13(19)6-3-11)24-17(23)12-4-7-14(18)15(20)8-12/h2-8,10H,9,20H2,1H3,(H,21,22)/t10-/m0/s1. The summed E-state index contributed by atoms with van der Waals surface area (Å²) in [6, 6.07) is 10.0. The van der Waals surface area contributed by atoms with Crippen molar-refractivity contribution in [2.45, 2.75) is 19.6 Å². The van der Waals surface area contributed by atoms with Crippen molar-refractivity contribution in [2.24, 2.45) is 0 Å². The number of halogens is 2. The number of amides is 1. The first-order valence-corrected chi connectivity index (χ1v) is 7.53. The molecule has 0 unspecified atom stereocenters. The van der Waals surface area contributed by atoms with Crippen LogP contribution in [0.5, 0.6) is 0 Å². The number of rotatable bonds is 5. The molecule has 2 rings (SSSR count). The van der Waals surface area contributed by atoms with E-state index in [0.717, 1.165) is 5.56 Å². The zero-order valence-electron chi connectivity index (χ0n) is 12.9. The molecule has 0 spiro atoms. The number of hydrogen-bond donors (Lipinski definition) is 2. The van der Waals surface area contributed by atoms with E-state index in [4.69, 9.17) is 22.1 Å². The fraction of sp³-hybridized carbons (Fsp3) is 0.176. The lowest BCUT2D eigenvalue weighted by molar-refractivity contribution is -0.129. The lowest BCUT2D eigenvalue weighted by Gasteiger charge is -2.14. The van der Waals surface area contributed by atoms with Crippen molar-refractivity contribution in [3.63, 3.8) is 0 Å². The van der Waals surface area contributed by atoms with Crippen molar-refractivity contribution >= 4 is 29.2 Å². The first kappa shape index (κ1) is 17.7. The molecule has 5 nitrogen and oxygen atoms in total. The number of hydrogen-bond acceptors (Lipinski definition) is 4. The van der Waals surface area contributed by atoms with Crippen molar-refractivity contribution < 1.29 is 18.7 Å². The van der Waals surface area contributed by atoms with Gasteiger partial charge in [-0.05, 0) is 42.8 Å². The number of benzene rings is 2. The normalized spacial score (nSPS) is 11.6. The van der Waals surface area contributed by atoms with Gasteiger partial charge in [-0.1, -0.05) is 23.7 Å². The van der Waals surface area contributed by atoms with Gasteiger partial charge in [0.1, 0.15) is 5.82 Å². The molecule has 2 aromatic rings. The van der Waals surface area contributed by atoms with Crippen molar-refractivity contribution in [2.75, 3.05) is 5.73 Å². The van der Waals surface area contributed by atoms with Crippen molar-refractivity contribution in [3.8, 4) is 0 Å². The number of ether oxygens (including phenoxy) is 1. The summed E-state index contributed by atoms with van der Waals surface area (Å²) in [6.07, 6.45) is -0.991. The van der Waals surface area contributed by atoms with Gasteiger partial charge in [0, 0.05) is 6.54 Å². The van der Waals surface area contributed by atoms with Crippen LogP contribution in [0.3, 0.4) is 0 Å². The topological polar surface area (TPSA) is 81.4 Å². The van der Waals surface area contributed by atoms with Crippen LogP contribution in [-0.2, 0) is 16.1 Å². The Bertz CT molecular complexity index is 750. The number of anilines is 1. The molecule has 0 saturated heterocycles. The number of nitrogen functional groups attached to an aromatic ring is 1. The Morgan fingerprint density at radius 1 is 1.25 bits per heavy atom. The largest absolute Gasteiger partial charge is 0.449 e. The van der Waals surface area contributed by atoms with E-state index in [-0.39, 0.29) is 23.6 Å². The Labute approximate surface area is 143 Å². The van der Waals surface area contributed by atoms with Crippen molar-refractivity contribution in [1.29, 1.82) is 0 Å². The number of nitrogens with one attached hydrogen (secondary N) is 1. The second-order valence-corrected chi connectivity index (χ2v) is 5.54. The number of esters is 1. The average Bonchev–Trinajstić information content (AvgIpc) is 2.56. The molecule has 7 heteroatoms. The third-order valence-corrected chi connectivity index (χ3v) is 3.61. The van der Waals surface area contributed by atoms with E-state index in [0.29, 0.717) is 5.02 Å². The van der Waals surface area contributed by atoms with E-state index in [2.05, 4.69) is 5.32 Å². The molecule has 3 N–H and O–H groups in total. The van der Waals surface area contributed by atoms with E-state index >= 15 is 0 Å². The van der Waals surface area contributed by atoms with Gasteiger partial charge < -0.3 is 15.8 Å². The molecule has 0 heterocycles. The summed E-state index contributed by atoms with van der Waals surface area (Å²) in [7, 11) is 0. The molecule has 0 aliphatic heterocycles. The number of nitrogens with two attached hydrogens (primary N) is 1. The van der Waals surface area contributed by atoms with Crippen LogP contribution in [-0.4, -0.2) is 18.0 Å². The summed E-state index contributed by atoms with van der Waals surface area (Å²) >= 11 is 5.79. The lowest BCUT2D eigenvalue weighted by Crippen LogP contribution is -2.35. The highest BCUT2D eigenvalue weighted by molar-refractivity contribution is 6.33. The Hall–Kier alpha value is -2.60. The third kappa shape index (κ3) is 4.70. The highest BCUT2D eigenvalue weighted by Crippen LogP contribution is 2.20. The smallest absolute Gasteiger partial charge is 0.338 e. The fourth-order valence-corrected chi connectivity index (χ4v) is 2.01. The lowest BCUT2D eigenvalue weighted by atomic mass is 10.2. The van der Waals surface area contributed by atoms with Gasteiger partial charge in [-0.3, -0.25) is 4.79 Å². The summed E-state index contributed by atoms with van der Waals surface area (Å²) in [5.74, 6) is -1.49. The second-order valence-electron chi connectivity index (χ2n) is 5.13. The van der Waals surface area contributed by atoms with Crippen LogP contribution in [0, 0.1) is 5.82 Å². The van der Waals surface area contributed by atoms with Gasteiger partial charge in [-0.15, -0.1) is 0 Å². The van der Waals surface area contributed by atoms with Crippen LogP contribution < -0.4 is 11.1 Å². The van der Waals surface area contributed by atoms with E-state index < -0.39 is 18.0 Å².